The van der Waals surface area contributed by atoms with Crippen molar-refractivity contribution >= 4 is 27.9 Å². The third-order valence-corrected chi connectivity index (χ3v) is 3.41. The first-order chi connectivity index (χ1) is 9.95. The predicted molar refractivity (Wildman–Crippen MR) is 82.8 cm³/mol. The average Bonchev–Trinajstić information content (AvgIpc) is 2.84. The summed E-state index contributed by atoms with van der Waals surface area (Å²) in [6.07, 6.45) is 6.40. The third-order valence-electron chi connectivity index (χ3n) is 2.92. The van der Waals surface area contributed by atoms with Crippen LogP contribution in [0.2, 0.25) is 0 Å². The van der Waals surface area contributed by atoms with Crippen LogP contribution in [0.5, 0.6) is 0 Å². The third kappa shape index (κ3) is 4.26. The van der Waals surface area contributed by atoms with Crippen molar-refractivity contribution < 1.29 is 9.18 Å². The summed E-state index contributed by atoms with van der Waals surface area (Å²) in [6, 6.07) is 4.59. The first-order valence-electron chi connectivity index (χ1n) is 6.31. The molecule has 0 aliphatic rings. The second-order valence-electron chi connectivity index (χ2n) is 4.72. The molecule has 0 bridgehead atoms. The number of likely N-dealkylation sites (N-methyl/N-ethyl adjacent to an activating group) is 1. The van der Waals surface area contributed by atoms with Crippen LogP contribution in [0, 0.1) is 5.82 Å². The van der Waals surface area contributed by atoms with Gasteiger partial charge in [0.25, 0.3) is 0 Å². The Morgan fingerprint density at radius 3 is 2.95 bits per heavy atom. The quantitative estimate of drug-likeness (QED) is 0.794. The summed E-state index contributed by atoms with van der Waals surface area (Å²) in [4.78, 5) is 13.5. The van der Waals surface area contributed by atoms with Crippen molar-refractivity contribution in [3.63, 3.8) is 0 Å². The molecule has 0 fully saturated rings. The van der Waals surface area contributed by atoms with E-state index in [0.717, 1.165) is 10.0 Å². The van der Waals surface area contributed by atoms with Gasteiger partial charge in [0.05, 0.1) is 6.20 Å². The smallest absolute Gasteiger partial charge is 0.246 e. The predicted octanol–water partition coefficient (Wildman–Crippen LogP) is 2.99. The van der Waals surface area contributed by atoms with Crippen LogP contribution in [0.15, 0.2) is 41.1 Å². The van der Waals surface area contributed by atoms with E-state index in [4.69, 9.17) is 0 Å². The molecule has 0 aliphatic heterocycles. The Hall–Kier alpha value is -1.95. The number of aromatic nitrogens is 2. The van der Waals surface area contributed by atoms with E-state index in [1.165, 1.54) is 18.2 Å². The molecule has 0 radical (unpaired) electrons. The van der Waals surface area contributed by atoms with Crippen LogP contribution < -0.4 is 0 Å². The Balaban J connectivity index is 2.03. The van der Waals surface area contributed by atoms with Crippen molar-refractivity contribution in [2.75, 3.05) is 7.05 Å². The Bertz CT molecular complexity index is 681. The second-order valence-corrected chi connectivity index (χ2v) is 5.63. The number of hydrogen-bond acceptors (Lipinski definition) is 2. The minimum atomic E-state index is -0.364. The molecule has 110 valence electrons. The minimum absolute atomic E-state index is 0.196. The van der Waals surface area contributed by atoms with E-state index < -0.39 is 0 Å². The van der Waals surface area contributed by atoms with E-state index in [1.54, 1.807) is 35.0 Å². The van der Waals surface area contributed by atoms with Gasteiger partial charge in [0.15, 0.2) is 0 Å². The molecule has 0 saturated heterocycles. The lowest BCUT2D eigenvalue weighted by Gasteiger charge is -2.13. The summed E-state index contributed by atoms with van der Waals surface area (Å²) in [6.45, 7) is 0.456. The molecule has 1 heterocycles. The fraction of sp³-hybridized carbons (Fsp3) is 0.200. The van der Waals surface area contributed by atoms with Crippen LogP contribution >= 0.6 is 15.9 Å². The molecule has 6 heteroatoms. The van der Waals surface area contributed by atoms with Crippen LogP contribution in [0.1, 0.15) is 11.1 Å². The van der Waals surface area contributed by atoms with Gasteiger partial charge in [-0.1, -0.05) is 15.9 Å². The minimum Gasteiger partial charge on any atom is -0.338 e. The van der Waals surface area contributed by atoms with Crippen molar-refractivity contribution in [2.45, 2.75) is 6.54 Å². The lowest BCUT2D eigenvalue weighted by molar-refractivity contribution is -0.125. The van der Waals surface area contributed by atoms with Crippen molar-refractivity contribution in [3.8, 4) is 0 Å². The highest BCUT2D eigenvalue weighted by Crippen LogP contribution is 2.16. The summed E-state index contributed by atoms with van der Waals surface area (Å²) in [5.41, 5.74) is 1.31. The maximum atomic E-state index is 13.6. The fourth-order valence-corrected chi connectivity index (χ4v) is 2.21. The van der Waals surface area contributed by atoms with E-state index in [9.17, 15) is 9.18 Å². The second kappa shape index (κ2) is 6.67. The Labute approximate surface area is 131 Å². The fourth-order valence-electron chi connectivity index (χ4n) is 1.84. The van der Waals surface area contributed by atoms with Gasteiger partial charge in [0.1, 0.15) is 5.82 Å². The molecule has 4 nitrogen and oxygen atoms in total. The van der Waals surface area contributed by atoms with E-state index in [-0.39, 0.29) is 11.7 Å². The van der Waals surface area contributed by atoms with Crippen molar-refractivity contribution in [1.29, 1.82) is 0 Å². The van der Waals surface area contributed by atoms with Crippen LogP contribution in [-0.2, 0) is 18.4 Å². The zero-order valence-electron chi connectivity index (χ0n) is 11.8. The van der Waals surface area contributed by atoms with Gasteiger partial charge in [-0.3, -0.25) is 9.48 Å². The summed E-state index contributed by atoms with van der Waals surface area (Å²) >= 11 is 3.27. The van der Waals surface area contributed by atoms with E-state index >= 15 is 0 Å². The summed E-state index contributed by atoms with van der Waals surface area (Å²) < 4.78 is 16.0. The van der Waals surface area contributed by atoms with Crippen LogP contribution in [0.3, 0.4) is 0 Å². The molecule has 0 atom stereocenters. The standard InChI is InChI=1S/C15H15BrFN3O/c1-19(9-11-8-18-20(2)10-11)15(21)6-3-12-7-13(16)4-5-14(12)17/h3-8,10H,9H2,1-2H3/b6-3+. The number of benzene rings is 1. The Morgan fingerprint density at radius 2 is 2.29 bits per heavy atom. The maximum absolute atomic E-state index is 13.6. The number of carbonyl (C=O) groups excluding carboxylic acids is 1. The van der Waals surface area contributed by atoms with Gasteiger partial charge < -0.3 is 4.90 Å². The normalized spacial score (nSPS) is 11.0. The monoisotopic (exact) mass is 351 g/mol. The molecular weight excluding hydrogens is 337 g/mol. The zero-order chi connectivity index (χ0) is 15.4. The number of carbonyl (C=O) groups is 1. The molecule has 2 aromatic rings. The molecule has 0 spiro atoms. The first kappa shape index (κ1) is 15.4. The van der Waals surface area contributed by atoms with E-state index in [0.29, 0.717) is 12.1 Å². The number of halogens is 2. The highest BCUT2D eigenvalue weighted by Gasteiger charge is 2.07. The zero-order valence-corrected chi connectivity index (χ0v) is 13.3. The molecule has 1 amide bonds. The van der Waals surface area contributed by atoms with Gasteiger partial charge in [0.2, 0.25) is 5.91 Å². The lowest BCUT2D eigenvalue weighted by Crippen LogP contribution is -2.23. The number of hydrogen-bond donors (Lipinski definition) is 0. The lowest BCUT2D eigenvalue weighted by atomic mass is 10.2. The highest BCUT2D eigenvalue weighted by molar-refractivity contribution is 9.10. The number of amides is 1. The number of nitrogens with zero attached hydrogens (tertiary/aromatic N) is 3. The molecule has 0 aliphatic carbocycles. The maximum Gasteiger partial charge on any atom is 0.246 e. The molecule has 2 rings (SSSR count). The van der Waals surface area contributed by atoms with Gasteiger partial charge in [-0.15, -0.1) is 0 Å². The van der Waals surface area contributed by atoms with E-state index in [2.05, 4.69) is 21.0 Å². The molecule has 0 N–H and O–H groups in total. The van der Waals surface area contributed by atoms with Crippen LogP contribution in [0.4, 0.5) is 4.39 Å². The SMILES string of the molecule is CN(Cc1cnn(C)c1)C(=O)/C=C/c1cc(Br)ccc1F. The Kier molecular flexibility index (Phi) is 4.90. The van der Waals surface area contributed by atoms with Crippen molar-refractivity contribution in [2.24, 2.45) is 7.05 Å². The average molecular weight is 352 g/mol. The molecule has 0 unspecified atom stereocenters. The van der Waals surface area contributed by atoms with Crippen LogP contribution in [0.25, 0.3) is 6.08 Å². The highest BCUT2D eigenvalue weighted by atomic mass is 79.9. The van der Waals surface area contributed by atoms with Gasteiger partial charge >= 0.3 is 0 Å². The van der Waals surface area contributed by atoms with Crippen molar-refractivity contribution in [3.05, 3.63) is 58.1 Å². The molecule has 1 aromatic heterocycles. The largest absolute Gasteiger partial charge is 0.338 e. The van der Waals surface area contributed by atoms with Crippen LogP contribution in [-0.4, -0.2) is 27.6 Å². The Morgan fingerprint density at radius 1 is 1.52 bits per heavy atom. The van der Waals surface area contributed by atoms with Crippen molar-refractivity contribution in [1.82, 2.24) is 14.7 Å². The summed E-state index contributed by atoms with van der Waals surface area (Å²) in [5, 5.41) is 4.05. The van der Waals surface area contributed by atoms with Gasteiger partial charge in [-0.2, -0.15) is 5.10 Å². The summed E-state index contributed by atoms with van der Waals surface area (Å²) in [5.74, 6) is -0.560. The molecule has 1 aromatic carbocycles. The van der Waals surface area contributed by atoms with Gasteiger partial charge in [-0.25, -0.2) is 4.39 Å². The van der Waals surface area contributed by atoms with E-state index in [1.807, 2.05) is 13.2 Å². The number of rotatable bonds is 4. The number of aryl methyl sites for hydroxylation is 1. The first-order valence-corrected chi connectivity index (χ1v) is 7.11. The molecular formula is C15H15BrFN3O. The summed E-state index contributed by atoms with van der Waals surface area (Å²) in [7, 11) is 3.51. The topological polar surface area (TPSA) is 38.1 Å². The van der Waals surface area contributed by atoms with Gasteiger partial charge in [0, 0.05) is 48.5 Å². The van der Waals surface area contributed by atoms with Gasteiger partial charge in [-0.05, 0) is 24.3 Å². The molecule has 0 saturated carbocycles. The molecule has 21 heavy (non-hydrogen) atoms.